The Labute approximate surface area is 186 Å². The molecule has 2 aromatic carbocycles. The average molecular weight is 432 g/mol. The quantitative estimate of drug-likeness (QED) is 0.552. The van der Waals surface area contributed by atoms with Gasteiger partial charge in [0, 0.05) is 30.3 Å². The van der Waals surface area contributed by atoms with Crippen molar-refractivity contribution in [2.45, 2.75) is 53.0 Å². The predicted molar refractivity (Wildman–Crippen MR) is 126 cm³/mol. The molecule has 6 heteroatoms. The van der Waals surface area contributed by atoms with E-state index in [0.717, 1.165) is 16.8 Å². The molecule has 2 amide bonds. The highest BCUT2D eigenvalue weighted by Crippen LogP contribution is 2.19. The Bertz CT molecular complexity index is 848. The van der Waals surface area contributed by atoms with E-state index in [0.29, 0.717) is 30.4 Å². The van der Waals surface area contributed by atoms with Gasteiger partial charge in [-0.2, -0.15) is 0 Å². The third-order valence-corrected chi connectivity index (χ3v) is 4.87. The lowest BCUT2D eigenvalue weighted by molar-refractivity contribution is -0.116. The highest BCUT2D eigenvalue weighted by atomic mass is 35.5. The standard InChI is InChI=1S/C24H33N3O2.ClH/c1-15(2)12-23(28)27-22-11-10-20(13-17(22)5)24(29)26-14-21(25)19-8-6-18(7-9-19)16(3)4;/h6-11,13,15-16,21H,12,14,25H2,1-5H3,(H,26,29)(H,27,28);1H. The summed E-state index contributed by atoms with van der Waals surface area (Å²) in [6, 6.07) is 13.2. The van der Waals surface area contributed by atoms with Crippen LogP contribution in [0.4, 0.5) is 5.69 Å². The number of rotatable bonds is 8. The van der Waals surface area contributed by atoms with Crippen molar-refractivity contribution in [2.24, 2.45) is 11.7 Å². The van der Waals surface area contributed by atoms with E-state index in [1.807, 2.05) is 32.9 Å². The summed E-state index contributed by atoms with van der Waals surface area (Å²) in [6.45, 7) is 10.5. The molecule has 0 aliphatic heterocycles. The van der Waals surface area contributed by atoms with E-state index < -0.39 is 0 Å². The van der Waals surface area contributed by atoms with E-state index in [1.54, 1.807) is 18.2 Å². The van der Waals surface area contributed by atoms with Crippen LogP contribution in [0.15, 0.2) is 42.5 Å². The molecule has 2 rings (SSSR count). The first-order valence-corrected chi connectivity index (χ1v) is 10.2. The zero-order valence-electron chi connectivity index (χ0n) is 18.5. The minimum absolute atomic E-state index is 0. The molecule has 0 aromatic heterocycles. The SMILES string of the molecule is Cc1cc(C(=O)NCC(N)c2ccc(C(C)C)cc2)ccc1NC(=O)CC(C)C.Cl. The molecule has 4 N–H and O–H groups in total. The van der Waals surface area contributed by atoms with Crippen LogP contribution in [0.1, 0.15) is 73.1 Å². The van der Waals surface area contributed by atoms with Crippen LogP contribution in [0.3, 0.4) is 0 Å². The fraction of sp³-hybridized carbons (Fsp3) is 0.417. The summed E-state index contributed by atoms with van der Waals surface area (Å²) >= 11 is 0. The molecule has 2 aromatic rings. The molecule has 30 heavy (non-hydrogen) atoms. The molecule has 5 nitrogen and oxygen atoms in total. The fourth-order valence-electron chi connectivity index (χ4n) is 3.07. The maximum absolute atomic E-state index is 12.5. The first kappa shape index (κ1) is 25.7. The van der Waals surface area contributed by atoms with Gasteiger partial charge in [-0.1, -0.05) is 52.0 Å². The summed E-state index contributed by atoms with van der Waals surface area (Å²) < 4.78 is 0. The summed E-state index contributed by atoms with van der Waals surface area (Å²) in [4.78, 5) is 24.5. The number of hydrogen-bond donors (Lipinski definition) is 3. The van der Waals surface area contributed by atoms with Gasteiger partial charge < -0.3 is 16.4 Å². The minimum Gasteiger partial charge on any atom is -0.350 e. The molecule has 0 radical (unpaired) electrons. The Kier molecular flexibility index (Phi) is 10.0. The summed E-state index contributed by atoms with van der Waals surface area (Å²) in [5, 5.41) is 5.80. The molecule has 0 saturated carbocycles. The Morgan fingerprint density at radius 1 is 0.967 bits per heavy atom. The van der Waals surface area contributed by atoms with Crippen molar-refractivity contribution in [2.75, 3.05) is 11.9 Å². The summed E-state index contributed by atoms with van der Waals surface area (Å²) in [6.07, 6.45) is 0.470. The number of halogens is 1. The summed E-state index contributed by atoms with van der Waals surface area (Å²) in [5.41, 5.74) is 10.6. The van der Waals surface area contributed by atoms with Crippen LogP contribution >= 0.6 is 12.4 Å². The highest BCUT2D eigenvalue weighted by molar-refractivity contribution is 5.96. The van der Waals surface area contributed by atoms with E-state index in [2.05, 4.69) is 36.6 Å². The third-order valence-electron chi connectivity index (χ3n) is 4.87. The maximum Gasteiger partial charge on any atom is 0.251 e. The largest absolute Gasteiger partial charge is 0.350 e. The topological polar surface area (TPSA) is 84.2 Å². The zero-order valence-corrected chi connectivity index (χ0v) is 19.3. The number of carbonyl (C=O) groups excluding carboxylic acids is 2. The molecule has 1 unspecified atom stereocenters. The van der Waals surface area contributed by atoms with Crippen LogP contribution in [0.2, 0.25) is 0 Å². The zero-order chi connectivity index (χ0) is 21.6. The van der Waals surface area contributed by atoms with Gasteiger partial charge in [-0.05, 0) is 53.6 Å². The number of nitrogens with two attached hydrogens (primary N) is 1. The van der Waals surface area contributed by atoms with Crippen LogP contribution in [0, 0.1) is 12.8 Å². The monoisotopic (exact) mass is 431 g/mol. The van der Waals surface area contributed by atoms with Gasteiger partial charge in [-0.25, -0.2) is 0 Å². The second kappa shape index (κ2) is 11.7. The minimum atomic E-state index is -0.268. The van der Waals surface area contributed by atoms with E-state index in [-0.39, 0.29) is 30.3 Å². The third kappa shape index (κ3) is 7.47. The van der Waals surface area contributed by atoms with Crippen molar-refractivity contribution in [3.05, 3.63) is 64.7 Å². The van der Waals surface area contributed by atoms with Gasteiger partial charge in [0.25, 0.3) is 5.91 Å². The normalized spacial score (nSPS) is 11.7. The van der Waals surface area contributed by atoms with Gasteiger partial charge in [0.2, 0.25) is 5.91 Å². The van der Waals surface area contributed by atoms with E-state index in [9.17, 15) is 9.59 Å². The van der Waals surface area contributed by atoms with Crippen molar-refractivity contribution in [1.82, 2.24) is 5.32 Å². The van der Waals surface area contributed by atoms with Gasteiger partial charge in [-0.15, -0.1) is 12.4 Å². The predicted octanol–water partition coefficient (Wildman–Crippen LogP) is 4.95. The van der Waals surface area contributed by atoms with Crippen LogP contribution < -0.4 is 16.4 Å². The first-order chi connectivity index (χ1) is 13.7. The lowest BCUT2D eigenvalue weighted by Crippen LogP contribution is -2.32. The number of aryl methyl sites for hydroxylation is 1. The average Bonchev–Trinajstić information content (AvgIpc) is 2.66. The smallest absolute Gasteiger partial charge is 0.251 e. The second-order valence-corrected chi connectivity index (χ2v) is 8.31. The Balaban J connectivity index is 0.00000450. The van der Waals surface area contributed by atoms with Gasteiger partial charge in [-0.3, -0.25) is 9.59 Å². The van der Waals surface area contributed by atoms with E-state index in [4.69, 9.17) is 5.73 Å². The Morgan fingerprint density at radius 2 is 1.57 bits per heavy atom. The number of hydrogen-bond acceptors (Lipinski definition) is 3. The lowest BCUT2D eigenvalue weighted by Gasteiger charge is -2.15. The number of benzene rings is 2. The molecule has 0 fully saturated rings. The molecule has 0 heterocycles. The van der Waals surface area contributed by atoms with Gasteiger partial charge in [0.1, 0.15) is 0 Å². The molecule has 0 saturated heterocycles. The number of amides is 2. The van der Waals surface area contributed by atoms with E-state index >= 15 is 0 Å². The number of nitrogens with one attached hydrogen (secondary N) is 2. The summed E-state index contributed by atoms with van der Waals surface area (Å²) in [5.74, 6) is 0.574. The van der Waals surface area contributed by atoms with Crippen LogP contribution in [0.25, 0.3) is 0 Å². The van der Waals surface area contributed by atoms with Crippen LogP contribution in [-0.2, 0) is 4.79 Å². The maximum atomic E-state index is 12.5. The molecule has 0 bridgehead atoms. The molecule has 0 spiro atoms. The highest BCUT2D eigenvalue weighted by Gasteiger charge is 2.13. The summed E-state index contributed by atoms with van der Waals surface area (Å²) in [7, 11) is 0. The first-order valence-electron chi connectivity index (χ1n) is 10.2. The molecule has 1 atom stereocenters. The van der Waals surface area contributed by atoms with Gasteiger partial charge in [0.05, 0.1) is 0 Å². The van der Waals surface area contributed by atoms with Crippen molar-refractivity contribution >= 4 is 29.9 Å². The van der Waals surface area contributed by atoms with E-state index in [1.165, 1.54) is 5.56 Å². The lowest BCUT2D eigenvalue weighted by atomic mass is 9.99. The van der Waals surface area contributed by atoms with Crippen molar-refractivity contribution in [3.8, 4) is 0 Å². The molecule has 0 aliphatic carbocycles. The Morgan fingerprint density at radius 3 is 2.10 bits per heavy atom. The molecule has 0 aliphatic rings. The molecular formula is C24H34ClN3O2. The van der Waals surface area contributed by atoms with Gasteiger partial charge in [0.15, 0.2) is 0 Å². The number of anilines is 1. The number of carbonyl (C=O) groups is 2. The molecular weight excluding hydrogens is 398 g/mol. The van der Waals surface area contributed by atoms with Crippen LogP contribution in [0.5, 0.6) is 0 Å². The second-order valence-electron chi connectivity index (χ2n) is 8.31. The van der Waals surface area contributed by atoms with Crippen LogP contribution in [-0.4, -0.2) is 18.4 Å². The fourth-order valence-corrected chi connectivity index (χ4v) is 3.07. The van der Waals surface area contributed by atoms with Crippen molar-refractivity contribution in [3.63, 3.8) is 0 Å². The van der Waals surface area contributed by atoms with Crippen molar-refractivity contribution < 1.29 is 9.59 Å². The Hall–Kier alpha value is -2.37. The van der Waals surface area contributed by atoms with Gasteiger partial charge >= 0.3 is 0 Å². The van der Waals surface area contributed by atoms with Crippen molar-refractivity contribution in [1.29, 1.82) is 0 Å². The molecule has 164 valence electrons.